The standard InChI is InChI=1S/C15H31N/c1-15(2)12-10-8-6-4-3-5-7-9-11-13-16-14-15/h16H,3-14H2,1-2H3. The van der Waals surface area contributed by atoms with Crippen LogP contribution in [0, 0.1) is 5.41 Å². The van der Waals surface area contributed by atoms with Crippen molar-refractivity contribution < 1.29 is 0 Å². The molecule has 1 aliphatic heterocycles. The van der Waals surface area contributed by atoms with E-state index in [1.54, 1.807) is 0 Å². The van der Waals surface area contributed by atoms with E-state index in [1.165, 1.54) is 77.3 Å². The molecule has 0 bridgehead atoms. The van der Waals surface area contributed by atoms with Gasteiger partial charge < -0.3 is 5.32 Å². The predicted octanol–water partition coefficient (Wildman–Crippen LogP) is 4.52. The van der Waals surface area contributed by atoms with Gasteiger partial charge >= 0.3 is 0 Å². The number of rotatable bonds is 0. The molecule has 1 fully saturated rings. The maximum absolute atomic E-state index is 3.63. The van der Waals surface area contributed by atoms with Crippen molar-refractivity contribution in [1.82, 2.24) is 5.32 Å². The molecule has 1 heteroatoms. The van der Waals surface area contributed by atoms with Crippen LogP contribution in [-0.4, -0.2) is 13.1 Å². The Morgan fingerprint density at radius 3 is 1.81 bits per heavy atom. The first-order valence-electron chi connectivity index (χ1n) is 7.41. The minimum Gasteiger partial charge on any atom is -0.316 e. The molecule has 1 saturated heterocycles. The second kappa shape index (κ2) is 8.11. The minimum atomic E-state index is 0.504. The van der Waals surface area contributed by atoms with Gasteiger partial charge in [-0.2, -0.15) is 0 Å². The fourth-order valence-corrected chi connectivity index (χ4v) is 2.61. The molecule has 96 valence electrons. The molecule has 1 aliphatic rings. The van der Waals surface area contributed by atoms with Crippen LogP contribution in [0.3, 0.4) is 0 Å². The van der Waals surface area contributed by atoms with Gasteiger partial charge in [0.15, 0.2) is 0 Å². The minimum absolute atomic E-state index is 0.504. The summed E-state index contributed by atoms with van der Waals surface area (Å²) in [5, 5.41) is 3.63. The van der Waals surface area contributed by atoms with E-state index in [9.17, 15) is 0 Å². The van der Waals surface area contributed by atoms with Crippen molar-refractivity contribution in [2.45, 2.75) is 78.1 Å². The summed E-state index contributed by atoms with van der Waals surface area (Å²) in [4.78, 5) is 0. The molecular weight excluding hydrogens is 194 g/mol. The summed E-state index contributed by atoms with van der Waals surface area (Å²) in [5.41, 5.74) is 0.504. The van der Waals surface area contributed by atoms with Crippen molar-refractivity contribution in [2.75, 3.05) is 13.1 Å². The third-order valence-electron chi connectivity index (χ3n) is 3.81. The zero-order chi connectivity index (χ0) is 11.7. The van der Waals surface area contributed by atoms with Crippen LogP contribution in [0.1, 0.15) is 78.1 Å². The van der Waals surface area contributed by atoms with Crippen molar-refractivity contribution in [3.8, 4) is 0 Å². The molecule has 0 radical (unpaired) electrons. The van der Waals surface area contributed by atoms with Crippen LogP contribution in [0.2, 0.25) is 0 Å². The van der Waals surface area contributed by atoms with Gasteiger partial charge in [0.25, 0.3) is 0 Å². The summed E-state index contributed by atoms with van der Waals surface area (Å²) >= 11 is 0. The Morgan fingerprint density at radius 1 is 0.688 bits per heavy atom. The number of hydrogen-bond acceptors (Lipinski definition) is 1. The van der Waals surface area contributed by atoms with Crippen LogP contribution in [0.25, 0.3) is 0 Å². The number of nitrogens with one attached hydrogen (secondary N) is 1. The van der Waals surface area contributed by atoms with Crippen LogP contribution in [0.5, 0.6) is 0 Å². The first-order chi connectivity index (χ1) is 7.71. The van der Waals surface area contributed by atoms with E-state index in [4.69, 9.17) is 0 Å². The first-order valence-corrected chi connectivity index (χ1v) is 7.41. The average molecular weight is 225 g/mol. The third kappa shape index (κ3) is 7.27. The topological polar surface area (TPSA) is 12.0 Å². The van der Waals surface area contributed by atoms with Gasteiger partial charge in [0, 0.05) is 6.54 Å². The van der Waals surface area contributed by atoms with E-state index in [-0.39, 0.29) is 0 Å². The second-order valence-corrected chi connectivity index (χ2v) is 6.27. The van der Waals surface area contributed by atoms with E-state index in [0.717, 1.165) is 0 Å². The molecule has 0 aromatic rings. The zero-order valence-corrected chi connectivity index (χ0v) is 11.5. The summed E-state index contributed by atoms with van der Waals surface area (Å²) in [7, 11) is 0. The van der Waals surface area contributed by atoms with E-state index in [0.29, 0.717) is 5.41 Å². The number of hydrogen-bond donors (Lipinski definition) is 1. The summed E-state index contributed by atoms with van der Waals surface area (Å²) in [6.07, 6.45) is 14.4. The van der Waals surface area contributed by atoms with Crippen molar-refractivity contribution in [3.05, 3.63) is 0 Å². The van der Waals surface area contributed by atoms with Crippen LogP contribution < -0.4 is 5.32 Å². The normalized spacial score (nSPS) is 25.9. The van der Waals surface area contributed by atoms with Gasteiger partial charge in [0.2, 0.25) is 0 Å². The highest BCUT2D eigenvalue weighted by Crippen LogP contribution is 2.23. The first kappa shape index (κ1) is 14.0. The molecule has 1 rings (SSSR count). The average Bonchev–Trinajstić information content (AvgIpc) is 2.24. The van der Waals surface area contributed by atoms with Crippen LogP contribution in [-0.2, 0) is 0 Å². The Labute approximate surface area is 102 Å². The van der Waals surface area contributed by atoms with Gasteiger partial charge in [0.1, 0.15) is 0 Å². The molecule has 0 saturated carbocycles. The van der Waals surface area contributed by atoms with Crippen molar-refractivity contribution in [1.29, 1.82) is 0 Å². The summed E-state index contributed by atoms with van der Waals surface area (Å²) in [6.45, 7) is 7.24. The van der Waals surface area contributed by atoms with Gasteiger partial charge in [-0.05, 0) is 24.8 Å². The van der Waals surface area contributed by atoms with Crippen LogP contribution in [0.4, 0.5) is 0 Å². The van der Waals surface area contributed by atoms with Gasteiger partial charge in [-0.25, -0.2) is 0 Å². The molecule has 0 atom stereocenters. The van der Waals surface area contributed by atoms with E-state index < -0.39 is 0 Å². The molecule has 0 aromatic carbocycles. The maximum Gasteiger partial charge on any atom is 0.000252 e. The quantitative estimate of drug-likeness (QED) is 0.639. The lowest BCUT2D eigenvalue weighted by atomic mass is 9.86. The van der Waals surface area contributed by atoms with Crippen molar-refractivity contribution in [3.63, 3.8) is 0 Å². The molecule has 0 aromatic heterocycles. The Hall–Kier alpha value is -0.0400. The van der Waals surface area contributed by atoms with Gasteiger partial charge in [-0.15, -0.1) is 0 Å². The molecule has 0 unspecified atom stereocenters. The molecule has 0 aliphatic carbocycles. The highest BCUT2D eigenvalue weighted by atomic mass is 14.9. The second-order valence-electron chi connectivity index (χ2n) is 6.27. The highest BCUT2D eigenvalue weighted by molar-refractivity contribution is 4.71. The smallest absolute Gasteiger partial charge is 0.000252 e. The molecule has 1 nitrogen and oxygen atoms in total. The Morgan fingerprint density at radius 2 is 1.19 bits per heavy atom. The van der Waals surface area contributed by atoms with Gasteiger partial charge in [-0.1, -0.05) is 65.2 Å². The largest absolute Gasteiger partial charge is 0.316 e. The molecule has 0 amide bonds. The van der Waals surface area contributed by atoms with E-state index in [1.807, 2.05) is 0 Å². The Kier molecular flexibility index (Phi) is 7.11. The lowest BCUT2D eigenvalue weighted by Gasteiger charge is -2.25. The molecule has 1 heterocycles. The lowest BCUT2D eigenvalue weighted by Crippen LogP contribution is -2.30. The molecular formula is C15H31N. The molecule has 0 spiro atoms. The molecule has 16 heavy (non-hydrogen) atoms. The van der Waals surface area contributed by atoms with Gasteiger partial charge in [-0.3, -0.25) is 0 Å². The van der Waals surface area contributed by atoms with Gasteiger partial charge in [0.05, 0.1) is 0 Å². The predicted molar refractivity (Wildman–Crippen MR) is 72.8 cm³/mol. The summed E-state index contributed by atoms with van der Waals surface area (Å²) in [6, 6.07) is 0. The fourth-order valence-electron chi connectivity index (χ4n) is 2.61. The van der Waals surface area contributed by atoms with E-state index in [2.05, 4.69) is 19.2 Å². The van der Waals surface area contributed by atoms with Crippen molar-refractivity contribution in [2.24, 2.45) is 5.41 Å². The zero-order valence-electron chi connectivity index (χ0n) is 11.5. The summed E-state index contributed by atoms with van der Waals surface area (Å²) in [5.74, 6) is 0. The maximum atomic E-state index is 3.63. The summed E-state index contributed by atoms with van der Waals surface area (Å²) < 4.78 is 0. The fraction of sp³-hybridized carbons (Fsp3) is 1.00. The highest BCUT2D eigenvalue weighted by Gasteiger charge is 2.16. The lowest BCUT2D eigenvalue weighted by molar-refractivity contribution is 0.299. The third-order valence-corrected chi connectivity index (χ3v) is 3.81. The Bertz CT molecular complexity index is 147. The molecule has 1 N–H and O–H groups in total. The van der Waals surface area contributed by atoms with Crippen LogP contribution >= 0.6 is 0 Å². The van der Waals surface area contributed by atoms with Crippen molar-refractivity contribution >= 4 is 0 Å². The van der Waals surface area contributed by atoms with Crippen LogP contribution in [0.15, 0.2) is 0 Å². The monoisotopic (exact) mass is 225 g/mol. The van der Waals surface area contributed by atoms with E-state index >= 15 is 0 Å². The SMILES string of the molecule is CC1(C)CCCCCCCCCCCNC1. The Balaban J connectivity index is 2.22.